The second-order valence-corrected chi connectivity index (χ2v) is 6.46. The van der Waals surface area contributed by atoms with Crippen molar-refractivity contribution in [3.63, 3.8) is 0 Å². The SMILES string of the molecule is CCN1C(=O)C(CC(=O)O)=C(C(=O)c2ccc(OC)c(OC)c2)C1SC. The summed E-state index contributed by atoms with van der Waals surface area (Å²) in [6, 6.07) is 4.71. The number of carboxylic acids is 1. The largest absolute Gasteiger partial charge is 0.493 e. The molecule has 1 aliphatic rings. The summed E-state index contributed by atoms with van der Waals surface area (Å²) in [5, 5.41) is 8.66. The van der Waals surface area contributed by atoms with E-state index in [0.717, 1.165) is 0 Å². The van der Waals surface area contributed by atoms with Gasteiger partial charge in [0.2, 0.25) is 0 Å². The number of methoxy groups -OCH3 is 2. The molecule has 0 spiro atoms. The fourth-order valence-corrected chi connectivity index (χ4v) is 3.94. The summed E-state index contributed by atoms with van der Waals surface area (Å²) in [6.07, 6.45) is 1.30. The molecule has 0 radical (unpaired) electrons. The van der Waals surface area contributed by atoms with Gasteiger partial charge in [0.1, 0.15) is 5.37 Å². The summed E-state index contributed by atoms with van der Waals surface area (Å²) in [5.41, 5.74) is 0.572. The molecule has 8 heteroatoms. The molecule has 0 aromatic heterocycles. The average Bonchev–Trinajstić information content (AvgIpc) is 2.90. The molecule has 1 unspecified atom stereocenters. The van der Waals surface area contributed by atoms with Gasteiger partial charge >= 0.3 is 5.97 Å². The van der Waals surface area contributed by atoms with Crippen molar-refractivity contribution in [3.05, 3.63) is 34.9 Å². The number of benzene rings is 1. The molecule has 1 aromatic carbocycles. The lowest BCUT2D eigenvalue weighted by molar-refractivity contribution is -0.137. The highest BCUT2D eigenvalue weighted by molar-refractivity contribution is 7.99. The Hall–Kier alpha value is -2.48. The Morgan fingerprint density at radius 2 is 1.88 bits per heavy atom. The Balaban J connectivity index is 2.56. The molecule has 0 aliphatic carbocycles. The number of carboxylic acid groups (broad SMARTS) is 1. The van der Waals surface area contributed by atoms with Crippen LogP contribution in [0.4, 0.5) is 0 Å². The van der Waals surface area contributed by atoms with E-state index in [2.05, 4.69) is 0 Å². The zero-order chi connectivity index (χ0) is 19.4. The first-order valence-corrected chi connectivity index (χ1v) is 9.23. The maximum Gasteiger partial charge on any atom is 0.308 e. The minimum atomic E-state index is -1.15. The first-order valence-electron chi connectivity index (χ1n) is 7.94. The van der Waals surface area contributed by atoms with Gasteiger partial charge in [-0.1, -0.05) is 0 Å². The van der Waals surface area contributed by atoms with Crippen LogP contribution in [0, 0.1) is 0 Å². The minimum absolute atomic E-state index is 0.0403. The average molecular weight is 379 g/mol. The quantitative estimate of drug-likeness (QED) is 0.692. The normalized spacial score (nSPS) is 16.8. The van der Waals surface area contributed by atoms with Crippen LogP contribution in [0.1, 0.15) is 23.7 Å². The molecule has 1 aliphatic heterocycles. The van der Waals surface area contributed by atoms with Crippen molar-refractivity contribution in [2.75, 3.05) is 27.0 Å². The molecule has 26 heavy (non-hydrogen) atoms. The van der Waals surface area contributed by atoms with Crippen LogP contribution in [-0.2, 0) is 9.59 Å². The number of hydrogen-bond donors (Lipinski definition) is 1. The van der Waals surface area contributed by atoms with Crippen molar-refractivity contribution in [3.8, 4) is 11.5 Å². The zero-order valence-corrected chi connectivity index (χ0v) is 15.9. The van der Waals surface area contributed by atoms with Crippen LogP contribution in [0.5, 0.6) is 11.5 Å². The summed E-state index contributed by atoms with van der Waals surface area (Å²) < 4.78 is 10.4. The number of likely N-dealkylation sites (N-methyl/N-ethyl adjacent to an activating group) is 1. The van der Waals surface area contributed by atoms with E-state index in [0.29, 0.717) is 23.6 Å². The number of nitrogens with zero attached hydrogens (tertiary/aromatic N) is 1. The van der Waals surface area contributed by atoms with E-state index in [1.54, 1.807) is 25.3 Å². The number of hydrogen-bond acceptors (Lipinski definition) is 6. The Bertz CT molecular complexity index is 773. The summed E-state index contributed by atoms with van der Waals surface area (Å²) in [6.45, 7) is 2.18. The lowest BCUT2D eigenvalue weighted by atomic mass is 9.98. The Morgan fingerprint density at radius 1 is 1.23 bits per heavy atom. The predicted octanol–water partition coefficient (Wildman–Crippen LogP) is 2.21. The van der Waals surface area contributed by atoms with E-state index in [-0.39, 0.29) is 16.9 Å². The van der Waals surface area contributed by atoms with Crippen LogP contribution in [-0.4, -0.2) is 60.1 Å². The number of Topliss-reactive ketones (excluding diaryl/α,β-unsaturated/α-hetero) is 1. The van der Waals surface area contributed by atoms with Gasteiger partial charge in [0, 0.05) is 23.3 Å². The van der Waals surface area contributed by atoms with Crippen molar-refractivity contribution in [1.29, 1.82) is 0 Å². The number of thioether (sulfide) groups is 1. The van der Waals surface area contributed by atoms with Crippen LogP contribution in [0.15, 0.2) is 29.3 Å². The predicted molar refractivity (Wildman–Crippen MR) is 97.8 cm³/mol. The zero-order valence-electron chi connectivity index (χ0n) is 15.1. The topological polar surface area (TPSA) is 93.1 Å². The van der Waals surface area contributed by atoms with Gasteiger partial charge in [0.25, 0.3) is 5.91 Å². The van der Waals surface area contributed by atoms with Crippen LogP contribution in [0.3, 0.4) is 0 Å². The van der Waals surface area contributed by atoms with Crippen LogP contribution < -0.4 is 9.47 Å². The number of ketones is 1. The fraction of sp³-hybridized carbons (Fsp3) is 0.389. The third kappa shape index (κ3) is 3.55. The summed E-state index contributed by atoms with van der Waals surface area (Å²) in [7, 11) is 2.95. The second kappa shape index (κ2) is 8.27. The van der Waals surface area contributed by atoms with Gasteiger partial charge in [0.05, 0.1) is 20.6 Å². The molecular formula is C18H21NO6S. The molecule has 0 saturated heterocycles. The molecule has 0 bridgehead atoms. The number of amides is 1. The van der Waals surface area contributed by atoms with Crippen molar-refractivity contribution in [2.45, 2.75) is 18.7 Å². The van der Waals surface area contributed by atoms with Gasteiger partial charge in [-0.05, 0) is 31.4 Å². The van der Waals surface area contributed by atoms with Gasteiger partial charge in [-0.2, -0.15) is 0 Å². The molecule has 1 heterocycles. The Kier molecular flexibility index (Phi) is 6.31. The molecule has 140 valence electrons. The van der Waals surface area contributed by atoms with Gasteiger partial charge in [-0.25, -0.2) is 0 Å². The standard InChI is InChI=1S/C18H21NO6S/c1-5-19-17(23)11(9-14(20)21)15(18(19)26-4)16(22)10-6-7-12(24-2)13(8-10)25-3/h6-8,18H,5,9H2,1-4H3,(H,20,21). The number of rotatable bonds is 8. The number of ether oxygens (including phenoxy) is 2. The first kappa shape index (κ1) is 19.8. The van der Waals surface area contributed by atoms with Gasteiger partial charge < -0.3 is 19.5 Å². The first-order chi connectivity index (χ1) is 12.4. The number of carbonyl (C=O) groups excluding carboxylic acids is 2. The van der Waals surface area contributed by atoms with Crippen molar-refractivity contribution >= 4 is 29.4 Å². The molecule has 1 aromatic rings. The maximum atomic E-state index is 13.1. The summed E-state index contributed by atoms with van der Waals surface area (Å²) in [5.74, 6) is -1.08. The van der Waals surface area contributed by atoms with Crippen molar-refractivity contribution in [2.24, 2.45) is 0 Å². The highest BCUT2D eigenvalue weighted by Gasteiger charge is 2.41. The molecule has 1 amide bonds. The monoisotopic (exact) mass is 379 g/mol. The third-order valence-electron chi connectivity index (χ3n) is 4.16. The molecule has 0 fully saturated rings. The van der Waals surface area contributed by atoms with Crippen LogP contribution in [0.25, 0.3) is 0 Å². The van der Waals surface area contributed by atoms with E-state index in [1.165, 1.54) is 36.9 Å². The van der Waals surface area contributed by atoms with E-state index in [4.69, 9.17) is 9.47 Å². The van der Waals surface area contributed by atoms with E-state index in [1.807, 2.05) is 0 Å². The lowest BCUT2D eigenvalue weighted by Gasteiger charge is -2.23. The molecule has 2 rings (SSSR count). The lowest BCUT2D eigenvalue weighted by Crippen LogP contribution is -2.34. The Labute approximate surface area is 156 Å². The minimum Gasteiger partial charge on any atom is -0.493 e. The van der Waals surface area contributed by atoms with Gasteiger partial charge in [0.15, 0.2) is 17.3 Å². The highest BCUT2D eigenvalue weighted by atomic mass is 32.2. The maximum absolute atomic E-state index is 13.1. The third-order valence-corrected chi connectivity index (χ3v) is 5.09. The number of carbonyl (C=O) groups is 3. The van der Waals surface area contributed by atoms with Gasteiger partial charge in [-0.15, -0.1) is 11.8 Å². The number of aliphatic carboxylic acids is 1. The smallest absolute Gasteiger partial charge is 0.308 e. The molecule has 7 nitrogen and oxygen atoms in total. The van der Waals surface area contributed by atoms with E-state index >= 15 is 0 Å². The van der Waals surface area contributed by atoms with E-state index in [9.17, 15) is 19.5 Å². The molecule has 0 saturated carbocycles. The molecular weight excluding hydrogens is 358 g/mol. The second-order valence-electron chi connectivity index (χ2n) is 5.54. The van der Waals surface area contributed by atoms with Crippen molar-refractivity contribution in [1.82, 2.24) is 4.90 Å². The fourth-order valence-electron chi connectivity index (χ4n) is 2.96. The molecule has 1 N–H and O–H groups in total. The van der Waals surface area contributed by atoms with Gasteiger partial charge in [-0.3, -0.25) is 14.4 Å². The molecule has 1 atom stereocenters. The summed E-state index contributed by atoms with van der Waals surface area (Å²) >= 11 is 1.33. The Morgan fingerprint density at radius 3 is 2.38 bits per heavy atom. The summed E-state index contributed by atoms with van der Waals surface area (Å²) in [4.78, 5) is 38.5. The van der Waals surface area contributed by atoms with Crippen LogP contribution in [0.2, 0.25) is 0 Å². The van der Waals surface area contributed by atoms with Crippen LogP contribution >= 0.6 is 11.8 Å². The van der Waals surface area contributed by atoms with Crippen molar-refractivity contribution < 1.29 is 29.0 Å². The highest BCUT2D eigenvalue weighted by Crippen LogP contribution is 2.37. The van der Waals surface area contributed by atoms with E-state index < -0.39 is 23.7 Å².